The van der Waals surface area contributed by atoms with Crippen molar-refractivity contribution in [1.82, 2.24) is 9.55 Å². The Morgan fingerprint density at radius 1 is 1.29 bits per heavy atom. The van der Waals surface area contributed by atoms with Crippen molar-refractivity contribution in [2.24, 2.45) is 0 Å². The number of carboxylic acids is 2. The van der Waals surface area contributed by atoms with Crippen LogP contribution < -0.4 is 4.74 Å². The van der Waals surface area contributed by atoms with Crippen molar-refractivity contribution in [2.75, 3.05) is 7.11 Å². The molecule has 1 aromatic carbocycles. The zero-order valence-electron chi connectivity index (χ0n) is 11.3. The minimum absolute atomic E-state index is 0.506. The average Bonchev–Trinajstić information content (AvgIpc) is 2.94. The van der Waals surface area contributed by atoms with Crippen LogP contribution in [-0.2, 0) is 9.59 Å². The molecule has 0 aliphatic carbocycles. The Bertz CT molecular complexity index is 648. The Balaban J connectivity index is 2.26. The highest BCUT2D eigenvalue weighted by atomic mass is 16.5. The molecule has 0 spiro atoms. The van der Waals surface area contributed by atoms with Crippen LogP contribution in [0.1, 0.15) is 12.5 Å². The maximum atomic E-state index is 11.1. The molecule has 2 N–H and O–H groups in total. The number of carbonyl (C=O) groups is 2. The Morgan fingerprint density at radius 3 is 2.48 bits per heavy atom. The molecule has 0 fully saturated rings. The van der Waals surface area contributed by atoms with Gasteiger partial charge in [0, 0.05) is 11.8 Å². The first kappa shape index (κ1) is 14.6. The van der Waals surface area contributed by atoms with Gasteiger partial charge in [-0.2, -0.15) is 0 Å². The molecule has 21 heavy (non-hydrogen) atoms. The first-order valence-electron chi connectivity index (χ1n) is 6.13. The lowest BCUT2D eigenvalue weighted by Crippen LogP contribution is -2.21. The predicted octanol–water partition coefficient (Wildman–Crippen LogP) is 1.66. The van der Waals surface area contributed by atoms with Gasteiger partial charge in [0.1, 0.15) is 11.8 Å². The van der Waals surface area contributed by atoms with Crippen molar-refractivity contribution in [2.45, 2.75) is 12.5 Å². The zero-order chi connectivity index (χ0) is 15.4. The fourth-order valence-electron chi connectivity index (χ4n) is 1.90. The smallest absolute Gasteiger partial charge is 0.327 e. The number of methoxy groups -OCH3 is 1. The molecule has 2 rings (SSSR count). The third-order valence-corrected chi connectivity index (χ3v) is 3.00. The normalized spacial score (nSPS) is 11.9. The third kappa shape index (κ3) is 3.38. The Morgan fingerprint density at radius 2 is 1.95 bits per heavy atom. The fraction of sp³-hybridized carbons (Fsp3) is 0.214. The van der Waals surface area contributed by atoms with E-state index in [0.717, 1.165) is 5.56 Å². The first-order chi connectivity index (χ1) is 10.0. The van der Waals surface area contributed by atoms with Crippen LogP contribution in [0, 0.1) is 0 Å². The number of aliphatic carboxylic acids is 2. The van der Waals surface area contributed by atoms with E-state index in [1.165, 1.54) is 17.1 Å². The molecule has 0 radical (unpaired) electrons. The van der Waals surface area contributed by atoms with Crippen LogP contribution in [0.3, 0.4) is 0 Å². The number of rotatable bonds is 6. The van der Waals surface area contributed by atoms with Gasteiger partial charge in [-0.15, -0.1) is 0 Å². The summed E-state index contributed by atoms with van der Waals surface area (Å²) in [6.45, 7) is 0. The van der Waals surface area contributed by atoms with Crippen LogP contribution in [0.15, 0.2) is 36.8 Å². The molecule has 7 heteroatoms. The third-order valence-electron chi connectivity index (χ3n) is 3.00. The fourth-order valence-corrected chi connectivity index (χ4v) is 1.90. The Kier molecular flexibility index (Phi) is 4.22. The van der Waals surface area contributed by atoms with Gasteiger partial charge >= 0.3 is 11.9 Å². The molecular formula is C14H14N2O5. The molecule has 1 unspecified atom stereocenters. The van der Waals surface area contributed by atoms with E-state index in [0.29, 0.717) is 11.4 Å². The number of nitrogens with zero attached hydrogens (tertiary/aromatic N) is 2. The van der Waals surface area contributed by atoms with Crippen LogP contribution in [0.25, 0.3) is 11.3 Å². The van der Waals surface area contributed by atoms with Crippen molar-refractivity contribution < 1.29 is 24.5 Å². The van der Waals surface area contributed by atoms with Crippen molar-refractivity contribution in [1.29, 1.82) is 0 Å². The molecule has 7 nitrogen and oxygen atoms in total. The van der Waals surface area contributed by atoms with Crippen LogP contribution in [-0.4, -0.2) is 38.8 Å². The summed E-state index contributed by atoms with van der Waals surface area (Å²) in [6, 6.07) is 5.93. The van der Waals surface area contributed by atoms with Gasteiger partial charge in [0.25, 0.3) is 0 Å². The summed E-state index contributed by atoms with van der Waals surface area (Å²) >= 11 is 0. The maximum Gasteiger partial charge on any atom is 0.327 e. The number of aromatic nitrogens is 2. The zero-order valence-corrected chi connectivity index (χ0v) is 11.3. The molecule has 0 amide bonds. The monoisotopic (exact) mass is 290 g/mol. The van der Waals surface area contributed by atoms with Gasteiger partial charge in [0.2, 0.25) is 0 Å². The predicted molar refractivity (Wildman–Crippen MR) is 73.1 cm³/mol. The summed E-state index contributed by atoms with van der Waals surface area (Å²) in [7, 11) is 1.56. The van der Waals surface area contributed by atoms with Gasteiger partial charge in [0.05, 0.1) is 25.6 Å². The summed E-state index contributed by atoms with van der Waals surface area (Å²) < 4.78 is 6.34. The van der Waals surface area contributed by atoms with E-state index >= 15 is 0 Å². The Labute approximate surface area is 120 Å². The van der Waals surface area contributed by atoms with Gasteiger partial charge in [-0.05, 0) is 24.3 Å². The highest BCUT2D eigenvalue weighted by Gasteiger charge is 2.23. The summed E-state index contributed by atoms with van der Waals surface area (Å²) in [6.07, 6.45) is 2.33. The first-order valence-corrected chi connectivity index (χ1v) is 6.13. The molecule has 1 atom stereocenters. The lowest BCUT2D eigenvalue weighted by atomic mass is 10.1. The summed E-state index contributed by atoms with van der Waals surface area (Å²) in [5.41, 5.74) is 1.35. The lowest BCUT2D eigenvalue weighted by molar-refractivity contribution is -0.147. The van der Waals surface area contributed by atoms with Gasteiger partial charge in [-0.3, -0.25) is 4.79 Å². The van der Waals surface area contributed by atoms with E-state index in [9.17, 15) is 9.59 Å². The number of carboxylic acid groups (broad SMARTS) is 2. The minimum Gasteiger partial charge on any atom is -0.497 e. The summed E-state index contributed by atoms with van der Waals surface area (Å²) in [5, 5.41) is 17.9. The van der Waals surface area contributed by atoms with Gasteiger partial charge in [-0.25, -0.2) is 9.78 Å². The van der Waals surface area contributed by atoms with Gasteiger partial charge in [0.15, 0.2) is 0 Å². The second kappa shape index (κ2) is 6.08. The lowest BCUT2D eigenvalue weighted by Gasteiger charge is -2.10. The van der Waals surface area contributed by atoms with Crippen LogP contribution in [0.5, 0.6) is 5.75 Å². The van der Waals surface area contributed by atoms with Gasteiger partial charge < -0.3 is 19.5 Å². The molecule has 110 valence electrons. The molecule has 2 aromatic rings. The molecule has 0 aliphatic heterocycles. The van der Waals surface area contributed by atoms with E-state index in [4.69, 9.17) is 14.9 Å². The molecule has 1 heterocycles. The van der Waals surface area contributed by atoms with E-state index in [2.05, 4.69) is 4.98 Å². The topological polar surface area (TPSA) is 102 Å². The molecule has 0 saturated carbocycles. The largest absolute Gasteiger partial charge is 0.497 e. The number of benzene rings is 1. The summed E-state index contributed by atoms with van der Waals surface area (Å²) in [5.74, 6) is -1.69. The highest BCUT2D eigenvalue weighted by Crippen LogP contribution is 2.22. The van der Waals surface area contributed by atoms with Crippen LogP contribution in [0.4, 0.5) is 0 Å². The number of hydrogen-bond donors (Lipinski definition) is 2. The van der Waals surface area contributed by atoms with Crippen molar-refractivity contribution in [3.8, 4) is 17.0 Å². The minimum atomic E-state index is -1.21. The molecule has 0 saturated heterocycles. The van der Waals surface area contributed by atoms with Crippen molar-refractivity contribution in [3.63, 3.8) is 0 Å². The van der Waals surface area contributed by atoms with E-state index in [1.807, 2.05) is 0 Å². The number of hydrogen-bond acceptors (Lipinski definition) is 4. The SMILES string of the molecule is COc1ccc(-c2cn(C(CC(=O)O)C(=O)O)cn2)cc1. The van der Waals surface area contributed by atoms with Crippen LogP contribution >= 0.6 is 0 Å². The van der Waals surface area contributed by atoms with E-state index in [1.54, 1.807) is 31.4 Å². The molecule has 1 aromatic heterocycles. The quantitative estimate of drug-likeness (QED) is 0.839. The Hall–Kier alpha value is -2.83. The molecular weight excluding hydrogens is 276 g/mol. The molecule has 0 aliphatic rings. The van der Waals surface area contributed by atoms with Gasteiger partial charge in [-0.1, -0.05) is 0 Å². The number of ether oxygens (including phenoxy) is 1. The van der Waals surface area contributed by atoms with Crippen molar-refractivity contribution in [3.05, 3.63) is 36.8 Å². The maximum absolute atomic E-state index is 11.1. The standard InChI is InChI=1S/C14H14N2O5/c1-21-10-4-2-9(3-5-10)11-7-16(8-15-11)12(14(19)20)6-13(17)18/h2-5,7-8,12H,6H2,1H3,(H,17,18)(H,19,20). The summed E-state index contributed by atoms with van der Waals surface area (Å²) in [4.78, 5) is 26.0. The average molecular weight is 290 g/mol. The second-order valence-electron chi connectivity index (χ2n) is 4.39. The molecule has 0 bridgehead atoms. The second-order valence-corrected chi connectivity index (χ2v) is 4.39. The van der Waals surface area contributed by atoms with Crippen molar-refractivity contribution >= 4 is 11.9 Å². The highest BCUT2D eigenvalue weighted by molar-refractivity contribution is 5.79. The number of imidazole rings is 1. The van der Waals surface area contributed by atoms with Crippen LogP contribution in [0.2, 0.25) is 0 Å². The van der Waals surface area contributed by atoms with E-state index in [-0.39, 0.29) is 0 Å². The van der Waals surface area contributed by atoms with E-state index < -0.39 is 24.4 Å².